The minimum absolute atomic E-state index is 0.144. The van der Waals surface area contributed by atoms with Crippen molar-refractivity contribution in [3.05, 3.63) is 73.1 Å². The van der Waals surface area contributed by atoms with Crippen LogP contribution in [-0.4, -0.2) is 34.3 Å². The molecule has 0 aliphatic carbocycles. The number of aryl methyl sites for hydroxylation is 2. The van der Waals surface area contributed by atoms with Gasteiger partial charge in [0.15, 0.2) is 12.4 Å². The summed E-state index contributed by atoms with van der Waals surface area (Å²) in [5.74, 6) is -0.542. The van der Waals surface area contributed by atoms with Crippen LogP contribution in [-0.2, 0) is 16.5 Å². The first kappa shape index (κ1) is 19.3. The lowest BCUT2D eigenvalue weighted by Crippen LogP contribution is -2.33. The van der Waals surface area contributed by atoms with Crippen LogP contribution < -0.4 is 15.8 Å². The Morgan fingerprint density at radius 1 is 1.54 bits per heavy atom. The quantitative estimate of drug-likeness (QED) is 0.261. The van der Waals surface area contributed by atoms with Crippen LogP contribution >= 0.6 is 0 Å². The van der Waals surface area contributed by atoms with Gasteiger partial charge in [-0.15, -0.1) is 0 Å². The number of azide groups is 1. The highest BCUT2D eigenvalue weighted by Crippen LogP contribution is 2.30. The molecule has 2 aromatic heterocycles. The maximum Gasteiger partial charge on any atom is 0.344 e. The highest BCUT2D eigenvalue weighted by atomic mass is 16.6. The third-order valence-corrected chi connectivity index (χ3v) is 4.41. The van der Waals surface area contributed by atoms with Gasteiger partial charge in [-0.25, -0.2) is 14.2 Å². The lowest BCUT2D eigenvalue weighted by Gasteiger charge is -2.16. The van der Waals surface area contributed by atoms with Crippen molar-refractivity contribution in [2.45, 2.75) is 31.7 Å². The zero-order valence-corrected chi connectivity index (χ0v) is 15.3. The van der Waals surface area contributed by atoms with E-state index in [0.717, 1.165) is 0 Å². The van der Waals surface area contributed by atoms with Crippen LogP contribution in [0.4, 0.5) is 0 Å². The molecule has 3 atom stereocenters. The molecule has 1 fully saturated rings. The summed E-state index contributed by atoms with van der Waals surface area (Å²) in [4.78, 5) is 40.8. The summed E-state index contributed by atoms with van der Waals surface area (Å²) in [5.41, 5.74) is 8.40. The van der Waals surface area contributed by atoms with E-state index in [1.807, 2.05) is 0 Å². The first-order chi connectivity index (χ1) is 13.4. The van der Waals surface area contributed by atoms with E-state index in [4.69, 9.17) is 15.0 Å². The highest BCUT2D eigenvalue weighted by molar-refractivity contribution is 5.88. The van der Waals surface area contributed by atoms with Crippen LogP contribution in [0.2, 0.25) is 0 Å². The Morgan fingerprint density at radius 2 is 2.32 bits per heavy atom. The van der Waals surface area contributed by atoms with Crippen LogP contribution in [0.1, 0.15) is 28.6 Å². The van der Waals surface area contributed by atoms with Gasteiger partial charge in [0.2, 0.25) is 0 Å². The van der Waals surface area contributed by atoms with Crippen LogP contribution in [0.25, 0.3) is 10.4 Å². The average Bonchev–Trinajstić information content (AvgIpc) is 3.05. The molecule has 146 valence electrons. The van der Waals surface area contributed by atoms with Crippen molar-refractivity contribution in [3.8, 4) is 0 Å². The summed E-state index contributed by atoms with van der Waals surface area (Å²) in [7, 11) is 1.78. The molecule has 1 aliphatic rings. The van der Waals surface area contributed by atoms with E-state index in [1.54, 1.807) is 43.1 Å². The number of aromatic nitrogens is 3. The molecule has 11 nitrogen and oxygen atoms in total. The lowest BCUT2D eigenvalue weighted by molar-refractivity contribution is -0.671. The number of rotatable bonds is 5. The minimum atomic E-state index is -0.753. The fraction of sp³-hybridized carbons (Fsp3) is 0.412. The molecule has 1 N–H and O–H groups in total. The number of aromatic amines is 1. The molecular formula is C17H19N6O5+. The topological polar surface area (TPSA) is 143 Å². The van der Waals surface area contributed by atoms with Gasteiger partial charge in [-0.1, -0.05) is 5.11 Å². The van der Waals surface area contributed by atoms with Gasteiger partial charge in [0.1, 0.15) is 31.5 Å². The van der Waals surface area contributed by atoms with E-state index in [0.29, 0.717) is 11.1 Å². The molecule has 1 saturated heterocycles. The molecule has 2 aromatic rings. The van der Waals surface area contributed by atoms with Gasteiger partial charge in [0, 0.05) is 29.2 Å². The van der Waals surface area contributed by atoms with Crippen molar-refractivity contribution in [2.75, 3.05) is 6.61 Å². The van der Waals surface area contributed by atoms with E-state index < -0.39 is 35.6 Å². The Morgan fingerprint density at radius 3 is 3.04 bits per heavy atom. The van der Waals surface area contributed by atoms with Gasteiger partial charge >= 0.3 is 11.7 Å². The van der Waals surface area contributed by atoms with Crippen molar-refractivity contribution in [1.82, 2.24) is 9.55 Å². The fourth-order valence-corrected chi connectivity index (χ4v) is 2.97. The molecular weight excluding hydrogens is 368 g/mol. The standard InChI is InChI=1S/C17H18N6O5/c1-10-7-23(17(26)19-15(10)24)14-6-12(20-21-18)13(28-14)9-27-16(25)11-4-3-5-22(2)8-11/h3-5,7-8,12-14H,6,9H2,1-2H3/p+1/t12?,13-,14-/m1/s1. The maximum absolute atomic E-state index is 12.2. The van der Waals surface area contributed by atoms with E-state index >= 15 is 0 Å². The molecule has 0 spiro atoms. The normalized spacial score (nSPS) is 21.1. The second-order valence-electron chi connectivity index (χ2n) is 6.47. The predicted octanol–water partition coefficient (Wildman–Crippen LogP) is 0.493. The Labute approximate surface area is 158 Å². The van der Waals surface area contributed by atoms with Gasteiger partial charge < -0.3 is 9.47 Å². The summed E-state index contributed by atoms with van der Waals surface area (Å²) in [6.45, 7) is 1.42. The van der Waals surface area contributed by atoms with Crippen molar-refractivity contribution in [1.29, 1.82) is 0 Å². The smallest absolute Gasteiger partial charge is 0.344 e. The Bertz CT molecular complexity index is 1050. The molecule has 0 radical (unpaired) electrons. The summed E-state index contributed by atoms with van der Waals surface area (Å²) in [5, 5.41) is 3.69. The molecule has 1 unspecified atom stereocenters. The molecule has 0 saturated carbocycles. The number of H-pyrrole nitrogens is 1. The zero-order chi connectivity index (χ0) is 20.3. The SMILES string of the molecule is Cc1cn([C@H]2CC(N=[N+]=[N-])[C@@H](COC(=O)c3ccc[n+](C)c3)O2)c(=O)[nH]c1=O. The van der Waals surface area contributed by atoms with Crippen molar-refractivity contribution in [2.24, 2.45) is 12.2 Å². The van der Waals surface area contributed by atoms with Gasteiger partial charge in [-0.2, -0.15) is 0 Å². The number of esters is 1. The summed E-state index contributed by atoms with van der Waals surface area (Å²) in [6.07, 6.45) is 3.52. The van der Waals surface area contributed by atoms with Crippen molar-refractivity contribution in [3.63, 3.8) is 0 Å². The van der Waals surface area contributed by atoms with E-state index in [-0.39, 0.29) is 13.0 Å². The first-order valence-electron chi connectivity index (χ1n) is 8.53. The number of nitrogens with one attached hydrogen (secondary N) is 1. The summed E-state index contributed by atoms with van der Waals surface area (Å²) < 4.78 is 14.0. The van der Waals surface area contributed by atoms with Crippen LogP contribution in [0.3, 0.4) is 0 Å². The molecule has 28 heavy (non-hydrogen) atoms. The van der Waals surface area contributed by atoms with Crippen molar-refractivity contribution < 1.29 is 18.8 Å². The second kappa shape index (κ2) is 8.07. The van der Waals surface area contributed by atoms with Gasteiger partial charge in [0.25, 0.3) is 5.56 Å². The third kappa shape index (κ3) is 4.11. The lowest BCUT2D eigenvalue weighted by atomic mass is 10.1. The zero-order valence-electron chi connectivity index (χ0n) is 15.3. The maximum atomic E-state index is 12.2. The fourth-order valence-electron chi connectivity index (χ4n) is 2.97. The molecule has 0 aromatic carbocycles. The average molecular weight is 387 g/mol. The van der Waals surface area contributed by atoms with Gasteiger partial charge in [-0.3, -0.25) is 14.3 Å². The number of hydrogen-bond acceptors (Lipinski definition) is 6. The molecule has 0 bridgehead atoms. The van der Waals surface area contributed by atoms with E-state index in [2.05, 4.69) is 15.0 Å². The predicted molar refractivity (Wildman–Crippen MR) is 95.4 cm³/mol. The number of nitrogens with zero attached hydrogens (tertiary/aromatic N) is 5. The largest absolute Gasteiger partial charge is 0.459 e. The van der Waals surface area contributed by atoms with Crippen molar-refractivity contribution >= 4 is 5.97 Å². The Balaban J connectivity index is 1.74. The molecule has 3 rings (SSSR count). The number of carbonyl (C=O) groups excluding carboxylic acids is 1. The number of hydrogen-bond donors (Lipinski definition) is 1. The summed E-state index contributed by atoms with van der Waals surface area (Å²) >= 11 is 0. The van der Waals surface area contributed by atoms with E-state index in [9.17, 15) is 14.4 Å². The van der Waals surface area contributed by atoms with Crippen LogP contribution in [0.15, 0.2) is 45.4 Å². The molecule has 0 amide bonds. The molecule has 3 heterocycles. The second-order valence-corrected chi connectivity index (χ2v) is 6.47. The monoisotopic (exact) mass is 387 g/mol. The molecule has 1 aliphatic heterocycles. The number of ether oxygens (including phenoxy) is 2. The third-order valence-electron chi connectivity index (χ3n) is 4.41. The molecule has 11 heteroatoms. The minimum Gasteiger partial charge on any atom is -0.459 e. The highest BCUT2D eigenvalue weighted by Gasteiger charge is 2.37. The first-order valence-corrected chi connectivity index (χ1v) is 8.53. The Hall–Kier alpha value is -3.43. The Kier molecular flexibility index (Phi) is 5.57. The summed E-state index contributed by atoms with van der Waals surface area (Å²) in [6, 6.07) is 2.70. The van der Waals surface area contributed by atoms with Gasteiger partial charge in [-0.05, 0) is 18.5 Å². The number of pyridine rings is 1. The van der Waals surface area contributed by atoms with Gasteiger partial charge in [0.05, 0.1) is 6.04 Å². The van der Waals surface area contributed by atoms with Crippen LogP contribution in [0, 0.1) is 6.92 Å². The van der Waals surface area contributed by atoms with E-state index in [1.165, 1.54) is 10.8 Å². The van der Waals surface area contributed by atoms with Crippen LogP contribution in [0.5, 0.6) is 0 Å². The number of carbonyl (C=O) groups is 1.